The van der Waals surface area contributed by atoms with Crippen molar-refractivity contribution < 1.29 is 18.0 Å². The predicted octanol–water partition coefficient (Wildman–Crippen LogP) is 4.19. The minimum absolute atomic E-state index is 0.0775. The second-order valence-electron chi connectivity index (χ2n) is 8.42. The van der Waals surface area contributed by atoms with Crippen LogP contribution in [0.1, 0.15) is 62.0 Å². The van der Waals surface area contributed by atoms with Gasteiger partial charge in [0.15, 0.2) is 5.78 Å². The molecule has 0 spiro atoms. The van der Waals surface area contributed by atoms with E-state index in [1.54, 1.807) is 37.3 Å². The molecule has 2 aromatic rings. The fraction of sp³-hybridized carbons (Fsp3) is 0.391. The first-order valence-electron chi connectivity index (χ1n) is 9.92. The van der Waals surface area contributed by atoms with E-state index in [0.29, 0.717) is 23.2 Å². The van der Waals surface area contributed by atoms with Gasteiger partial charge in [-0.25, -0.2) is 13.1 Å². The Morgan fingerprint density at radius 2 is 1.73 bits per heavy atom. The van der Waals surface area contributed by atoms with Crippen molar-refractivity contribution in [2.45, 2.75) is 57.8 Å². The Bertz CT molecular complexity index is 1040. The lowest BCUT2D eigenvalue weighted by Gasteiger charge is -2.21. The van der Waals surface area contributed by atoms with Crippen molar-refractivity contribution in [2.75, 3.05) is 11.9 Å². The number of rotatable bonds is 8. The van der Waals surface area contributed by atoms with Crippen LogP contribution in [0.2, 0.25) is 0 Å². The molecule has 0 unspecified atom stereocenters. The number of sulfonamides is 1. The number of aryl methyl sites for hydroxylation is 1. The molecule has 7 heteroatoms. The molecule has 0 aliphatic carbocycles. The highest BCUT2D eigenvalue weighted by Gasteiger charge is 2.21. The van der Waals surface area contributed by atoms with Crippen LogP contribution in [-0.4, -0.2) is 26.7 Å². The minimum atomic E-state index is -3.66. The first-order valence-corrected chi connectivity index (χ1v) is 11.4. The number of hydrogen-bond donors (Lipinski definition) is 2. The van der Waals surface area contributed by atoms with Gasteiger partial charge >= 0.3 is 0 Å². The largest absolute Gasteiger partial charge is 0.326 e. The number of amides is 1. The standard InChI is InChI=1S/C23H30N2O4S/c1-16-11-12-19(23(3,4)5)15-21(16)30(28,29)24-13-7-10-22(27)25-20-9-6-8-18(14-20)17(2)26/h6,8-9,11-12,14-15,24H,7,10,13H2,1-5H3,(H,25,27). The average Bonchev–Trinajstić information content (AvgIpc) is 2.64. The molecule has 30 heavy (non-hydrogen) atoms. The Morgan fingerprint density at radius 1 is 1.03 bits per heavy atom. The van der Waals surface area contributed by atoms with E-state index in [-0.39, 0.29) is 35.0 Å². The monoisotopic (exact) mass is 430 g/mol. The van der Waals surface area contributed by atoms with E-state index in [2.05, 4.69) is 10.0 Å². The summed E-state index contributed by atoms with van der Waals surface area (Å²) in [6.07, 6.45) is 0.517. The molecule has 0 atom stereocenters. The molecule has 0 radical (unpaired) electrons. The number of benzene rings is 2. The Balaban J connectivity index is 1.93. The fourth-order valence-electron chi connectivity index (χ4n) is 2.93. The highest BCUT2D eigenvalue weighted by Crippen LogP contribution is 2.26. The minimum Gasteiger partial charge on any atom is -0.326 e. The molecule has 0 aliphatic rings. The molecule has 0 bridgehead atoms. The molecule has 0 aliphatic heterocycles. The van der Waals surface area contributed by atoms with Crippen LogP contribution in [0.25, 0.3) is 0 Å². The number of ketones is 1. The number of carbonyl (C=O) groups is 2. The van der Waals surface area contributed by atoms with E-state index < -0.39 is 10.0 Å². The first kappa shape index (κ1) is 23.8. The Labute approximate surface area is 179 Å². The van der Waals surface area contributed by atoms with Crippen molar-refractivity contribution in [2.24, 2.45) is 0 Å². The maximum Gasteiger partial charge on any atom is 0.240 e. The van der Waals surface area contributed by atoms with Crippen molar-refractivity contribution >= 4 is 27.4 Å². The second-order valence-corrected chi connectivity index (χ2v) is 10.2. The van der Waals surface area contributed by atoms with Crippen LogP contribution < -0.4 is 10.0 Å². The lowest BCUT2D eigenvalue weighted by atomic mass is 9.87. The van der Waals surface area contributed by atoms with Gasteiger partial charge in [-0.3, -0.25) is 9.59 Å². The summed E-state index contributed by atoms with van der Waals surface area (Å²) in [7, 11) is -3.66. The zero-order valence-corrected chi connectivity index (χ0v) is 19.0. The molecular formula is C23H30N2O4S. The normalized spacial score (nSPS) is 11.9. The maximum atomic E-state index is 12.7. The molecule has 2 aromatic carbocycles. The van der Waals surface area contributed by atoms with Gasteiger partial charge in [0, 0.05) is 24.2 Å². The highest BCUT2D eigenvalue weighted by molar-refractivity contribution is 7.89. The van der Waals surface area contributed by atoms with E-state index in [9.17, 15) is 18.0 Å². The van der Waals surface area contributed by atoms with Crippen molar-refractivity contribution in [3.63, 3.8) is 0 Å². The van der Waals surface area contributed by atoms with Gasteiger partial charge in [-0.15, -0.1) is 0 Å². The van der Waals surface area contributed by atoms with E-state index in [1.165, 1.54) is 6.92 Å². The van der Waals surface area contributed by atoms with Gasteiger partial charge in [-0.05, 0) is 55.0 Å². The van der Waals surface area contributed by atoms with Crippen LogP contribution in [0.5, 0.6) is 0 Å². The van der Waals surface area contributed by atoms with E-state index in [1.807, 2.05) is 32.9 Å². The van der Waals surface area contributed by atoms with E-state index in [4.69, 9.17) is 0 Å². The molecule has 2 rings (SSSR count). The van der Waals surface area contributed by atoms with Crippen LogP contribution in [0.4, 0.5) is 5.69 Å². The highest BCUT2D eigenvalue weighted by atomic mass is 32.2. The summed E-state index contributed by atoms with van der Waals surface area (Å²) in [5.41, 5.74) is 2.53. The van der Waals surface area contributed by atoms with Gasteiger partial charge in [-0.2, -0.15) is 0 Å². The second kappa shape index (κ2) is 9.53. The molecule has 1 amide bonds. The predicted molar refractivity (Wildman–Crippen MR) is 119 cm³/mol. The SMILES string of the molecule is CC(=O)c1cccc(NC(=O)CCCNS(=O)(=O)c2cc(C(C)(C)C)ccc2C)c1. The Morgan fingerprint density at radius 3 is 2.37 bits per heavy atom. The van der Waals surface area contributed by atoms with E-state index in [0.717, 1.165) is 5.56 Å². The molecule has 2 N–H and O–H groups in total. The number of hydrogen-bond acceptors (Lipinski definition) is 4. The van der Waals surface area contributed by atoms with Gasteiger partial charge in [0.1, 0.15) is 0 Å². The molecule has 6 nitrogen and oxygen atoms in total. The van der Waals surface area contributed by atoms with Crippen molar-refractivity contribution in [1.82, 2.24) is 4.72 Å². The molecule has 0 aromatic heterocycles. The van der Waals surface area contributed by atoms with Crippen molar-refractivity contribution in [3.05, 3.63) is 59.2 Å². The zero-order chi connectivity index (χ0) is 22.5. The van der Waals surface area contributed by atoms with Crippen molar-refractivity contribution in [1.29, 1.82) is 0 Å². The van der Waals surface area contributed by atoms with Crippen molar-refractivity contribution in [3.8, 4) is 0 Å². The van der Waals surface area contributed by atoms with Gasteiger partial charge in [0.05, 0.1) is 4.90 Å². The summed E-state index contributed by atoms with van der Waals surface area (Å²) in [4.78, 5) is 23.8. The number of carbonyl (C=O) groups excluding carboxylic acids is 2. The molecule has 0 heterocycles. The Kier molecular flexibility index (Phi) is 7.55. The molecule has 0 saturated carbocycles. The summed E-state index contributed by atoms with van der Waals surface area (Å²) in [6.45, 7) is 9.49. The first-order chi connectivity index (χ1) is 13.9. The van der Waals surface area contributed by atoms with Gasteiger partial charge in [-0.1, -0.05) is 45.0 Å². The summed E-state index contributed by atoms with van der Waals surface area (Å²) < 4.78 is 28.0. The van der Waals surface area contributed by atoms with Crippen LogP contribution in [0, 0.1) is 6.92 Å². The molecule has 0 fully saturated rings. The summed E-state index contributed by atoms with van der Waals surface area (Å²) in [6, 6.07) is 12.2. The average molecular weight is 431 g/mol. The molecule has 0 saturated heterocycles. The lowest BCUT2D eigenvalue weighted by molar-refractivity contribution is -0.116. The van der Waals surface area contributed by atoms with Crippen LogP contribution in [0.15, 0.2) is 47.4 Å². The Hall–Kier alpha value is -2.51. The third kappa shape index (κ3) is 6.50. The molecule has 162 valence electrons. The smallest absolute Gasteiger partial charge is 0.240 e. The number of anilines is 1. The van der Waals surface area contributed by atoms with Gasteiger partial charge in [0.2, 0.25) is 15.9 Å². The third-order valence-corrected chi connectivity index (χ3v) is 6.37. The van der Waals surface area contributed by atoms with Gasteiger partial charge in [0.25, 0.3) is 0 Å². The van der Waals surface area contributed by atoms with Gasteiger partial charge < -0.3 is 5.32 Å². The van der Waals surface area contributed by atoms with Crippen LogP contribution in [0.3, 0.4) is 0 Å². The van der Waals surface area contributed by atoms with E-state index >= 15 is 0 Å². The lowest BCUT2D eigenvalue weighted by Crippen LogP contribution is -2.27. The number of Topliss-reactive ketones (excluding diaryl/α,β-unsaturated/α-hetero) is 1. The molecular weight excluding hydrogens is 400 g/mol. The van der Waals surface area contributed by atoms with Crippen LogP contribution in [-0.2, 0) is 20.2 Å². The summed E-state index contributed by atoms with van der Waals surface area (Å²) >= 11 is 0. The summed E-state index contributed by atoms with van der Waals surface area (Å²) in [5, 5.41) is 2.73. The fourth-order valence-corrected chi connectivity index (χ4v) is 4.27. The number of nitrogens with one attached hydrogen (secondary N) is 2. The maximum absolute atomic E-state index is 12.7. The zero-order valence-electron chi connectivity index (χ0n) is 18.2. The summed E-state index contributed by atoms with van der Waals surface area (Å²) in [5.74, 6) is -0.313. The quantitative estimate of drug-likeness (QED) is 0.485. The van der Waals surface area contributed by atoms with Crippen LogP contribution >= 0.6 is 0 Å². The topological polar surface area (TPSA) is 92.3 Å². The third-order valence-electron chi connectivity index (χ3n) is 4.77.